The number of aryl methyl sites for hydroxylation is 1. The van der Waals surface area contributed by atoms with Gasteiger partial charge in [0.25, 0.3) is 0 Å². The lowest BCUT2D eigenvalue weighted by atomic mass is 10.1. The zero-order valence-corrected chi connectivity index (χ0v) is 8.08. The van der Waals surface area contributed by atoms with Crippen LogP contribution in [0, 0.1) is 6.92 Å². The highest BCUT2D eigenvalue weighted by atomic mass is 16.6. The van der Waals surface area contributed by atoms with Gasteiger partial charge in [-0.2, -0.15) is 0 Å². The summed E-state index contributed by atoms with van der Waals surface area (Å²) in [6.45, 7) is 4.55. The molecule has 2 nitrogen and oxygen atoms in total. The van der Waals surface area contributed by atoms with Gasteiger partial charge in [-0.05, 0) is 18.9 Å². The summed E-state index contributed by atoms with van der Waals surface area (Å²) in [4.78, 5) is 5.03. The summed E-state index contributed by atoms with van der Waals surface area (Å²) in [7, 11) is 0. The van der Waals surface area contributed by atoms with Gasteiger partial charge in [0.2, 0.25) is 0 Å². The molecule has 0 amide bonds. The van der Waals surface area contributed by atoms with Crippen LogP contribution in [0.3, 0.4) is 0 Å². The van der Waals surface area contributed by atoms with Crippen LogP contribution < -0.4 is 0 Å². The maximum Gasteiger partial charge on any atom is 0.142 e. The normalized spacial score (nSPS) is 10.6. The third-order valence-electron chi connectivity index (χ3n) is 1.60. The van der Waals surface area contributed by atoms with Gasteiger partial charge in [-0.1, -0.05) is 41.9 Å². The van der Waals surface area contributed by atoms with E-state index in [1.54, 1.807) is 0 Å². The fraction of sp³-hybridized carbons (Fsp3) is 0.364. The first-order valence-electron chi connectivity index (χ1n) is 4.43. The van der Waals surface area contributed by atoms with Crippen molar-refractivity contribution in [3.63, 3.8) is 0 Å². The van der Waals surface area contributed by atoms with Gasteiger partial charge in [-0.15, -0.1) is 0 Å². The van der Waals surface area contributed by atoms with Crippen molar-refractivity contribution in [2.45, 2.75) is 26.9 Å². The molecule has 0 bridgehead atoms. The van der Waals surface area contributed by atoms with Crippen LogP contribution in [-0.4, -0.2) is 6.21 Å². The Morgan fingerprint density at radius 2 is 2.31 bits per heavy atom. The topological polar surface area (TPSA) is 21.6 Å². The fourth-order valence-electron chi connectivity index (χ4n) is 1.02. The Hall–Kier alpha value is -1.31. The van der Waals surface area contributed by atoms with Gasteiger partial charge in [-0.25, -0.2) is 0 Å². The summed E-state index contributed by atoms with van der Waals surface area (Å²) in [5.41, 5.74) is 2.38. The van der Waals surface area contributed by atoms with E-state index in [0.29, 0.717) is 6.61 Å². The molecule has 2 heteroatoms. The first-order valence-corrected chi connectivity index (χ1v) is 4.43. The molecule has 0 unspecified atom stereocenters. The van der Waals surface area contributed by atoms with Crippen LogP contribution in [0.5, 0.6) is 0 Å². The highest BCUT2D eigenvalue weighted by Crippen LogP contribution is 2.04. The van der Waals surface area contributed by atoms with Crippen molar-refractivity contribution in [1.82, 2.24) is 0 Å². The molecule has 0 N–H and O–H groups in total. The maximum atomic E-state index is 5.03. The number of rotatable bonds is 4. The van der Waals surface area contributed by atoms with Crippen LogP contribution in [0.1, 0.15) is 24.5 Å². The fourth-order valence-corrected chi connectivity index (χ4v) is 1.02. The zero-order chi connectivity index (χ0) is 9.52. The van der Waals surface area contributed by atoms with E-state index in [1.165, 1.54) is 5.56 Å². The van der Waals surface area contributed by atoms with Crippen molar-refractivity contribution in [3.8, 4) is 0 Å². The first-order chi connectivity index (χ1) is 6.33. The molecule has 0 spiro atoms. The van der Waals surface area contributed by atoms with Gasteiger partial charge < -0.3 is 4.84 Å². The molecule has 0 aliphatic heterocycles. The van der Waals surface area contributed by atoms with Crippen molar-refractivity contribution in [2.75, 3.05) is 0 Å². The molecule has 0 fully saturated rings. The molecule has 0 saturated carbocycles. The summed E-state index contributed by atoms with van der Waals surface area (Å²) in [6, 6.07) is 8.18. The van der Waals surface area contributed by atoms with Gasteiger partial charge in [0.05, 0.1) is 0 Å². The average Bonchev–Trinajstić information content (AvgIpc) is 2.13. The van der Waals surface area contributed by atoms with E-state index < -0.39 is 0 Å². The average molecular weight is 176 g/mol. The molecule has 0 aromatic heterocycles. The SMILES string of the molecule is CC/[C]=N\OCc1cccc(C)c1. The first kappa shape index (κ1) is 9.78. The molecular weight excluding hydrogens is 162 g/mol. The minimum atomic E-state index is 0.522. The second-order valence-corrected chi connectivity index (χ2v) is 2.87. The van der Waals surface area contributed by atoms with E-state index in [0.717, 1.165) is 12.0 Å². The van der Waals surface area contributed by atoms with Gasteiger partial charge in [0.1, 0.15) is 12.8 Å². The van der Waals surface area contributed by atoms with Crippen molar-refractivity contribution in [3.05, 3.63) is 35.4 Å². The third-order valence-corrected chi connectivity index (χ3v) is 1.60. The Kier molecular flexibility index (Phi) is 4.03. The summed E-state index contributed by atoms with van der Waals surface area (Å²) in [6.07, 6.45) is 3.52. The van der Waals surface area contributed by atoms with Gasteiger partial charge >= 0.3 is 0 Å². The highest BCUT2D eigenvalue weighted by Gasteiger charge is 1.91. The summed E-state index contributed by atoms with van der Waals surface area (Å²) in [5, 5.41) is 3.66. The van der Waals surface area contributed by atoms with Crippen LogP contribution >= 0.6 is 0 Å². The molecule has 1 aromatic carbocycles. The van der Waals surface area contributed by atoms with Crippen LogP contribution in [0.4, 0.5) is 0 Å². The lowest BCUT2D eigenvalue weighted by molar-refractivity contribution is 0.131. The van der Waals surface area contributed by atoms with Crippen LogP contribution in [0.2, 0.25) is 0 Å². The largest absolute Gasteiger partial charge is 0.391 e. The lowest BCUT2D eigenvalue weighted by Gasteiger charge is -1.99. The van der Waals surface area contributed by atoms with Crippen molar-refractivity contribution < 1.29 is 4.84 Å². The van der Waals surface area contributed by atoms with Crippen LogP contribution in [0.25, 0.3) is 0 Å². The number of hydrogen-bond donors (Lipinski definition) is 0. The summed E-state index contributed by atoms with van der Waals surface area (Å²) >= 11 is 0. The summed E-state index contributed by atoms with van der Waals surface area (Å²) in [5.74, 6) is 0. The molecule has 69 valence electrons. The van der Waals surface area contributed by atoms with E-state index >= 15 is 0 Å². The quantitative estimate of drug-likeness (QED) is 0.510. The van der Waals surface area contributed by atoms with E-state index in [4.69, 9.17) is 4.84 Å². The van der Waals surface area contributed by atoms with E-state index in [1.807, 2.05) is 19.1 Å². The number of nitrogens with zero attached hydrogens (tertiary/aromatic N) is 1. The van der Waals surface area contributed by atoms with Crippen LogP contribution in [-0.2, 0) is 11.4 Å². The minimum Gasteiger partial charge on any atom is -0.391 e. The molecule has 1 radical (unpaired) electrons. The van der Waals surface area contributed by atoms with Gasteiger partial charge in [-0.3, -0.25) is 0 Å². The minimum absolute atomic E-state index is 0.522. The molecule has 0 saturated heterocycles. The Morgan fingerprint density at radius 3 is 3.00 bits per heavy atom. The van der Waals surface area contributed by atoms with Crippen molar-refractivity contribution in [1.29, 1.82) is 0 Å². The Labute approximate surface area is 79.2 Å². The predicted molar refractivity (Wildman–Crippen MR) is 53.7 cm³/mol. The monoisotopic (exact) mass is 176 g/mol. The molecule has 13 heavy (non-hydrogen) atoms. The van der Waals surface area contributed by atoms with E-state index in [2.05, 4.69) is 30.4 Å². The maximum absolute atomic E-state index is 5.03. The summed E-state index contributed by atoms with van der Waals surface area (Å²) < 4.78 is 0. The van der Waals surface area contributed by atoms with E-state index in [9.17, 15) is 0 Å². The predicted octanol–water partition coefficient (Wildman–Crippen LogP) is 2.78. The highest BCUT2D eigenvalue weighted by molar-refractivity contribution is 5.55. The molecule has 1 rings (SSSR count). The molecule has 0 heterocycles. The molecule has 0 atom stereocenters. The lowest BCUT2D eigenvalue weighted by Crippen LogP contribution is -1.87. The number of benzene rings is 1. The van der Waals surface area contributed by atoms with Gasteiger partial charge in [0, 0.05) is 0 Å². The third kappa shape index (κ3) is 3.74. The molecule has 0 aliphatic rings. The Balaban J connectivity index is 2.41. The second kappa shape index (κ2) is 5.36. The van der Waals surface area contributed by atoms with Gasteiger partial charge in [0.15, 0.2) is 0 Å². The zero-order valence-electron chi connectivity index (χ0n) is 8.08. The number of hydrogen-bond acceptors (Lipinski definition) is 2. The molecule has 0 aliphatic carbocycles. The molecular formula is C11H14NO. The standard InChI is InChI=1S/C11H14NO/c1-3-7-12-13-9-11-6-4-5-10(2)8-11/h4-6,8H,3,9H2,1-2H3. The smallest absolute Gasteiger partial charge is 0.142 e. The second-order valence-electron chi connectivity index (χ2n) is 2.87. The molecule has 1 aromatic rings. The van der Waals surface area contributed by atoms with Crippen LogP contribution in [0.15, 0.2) is 29.4 Å². The van der Waals surface area contributed by atoms with Crippen molar-refractivity contribution in [2.24, 2.45) is 5.16 Å². The van der Waals surface area contributed by atoms with Crippen molar-refractivity contribution >= 4 is 6.21 Å². The van der Waals surface area contributed by atoms with E-state index in [-0.39, 0.29) is 0 Å². The Morgan fingerprint density at radius 1 is 1.46 bits per heavy atom. The Bertz CT molecular complexity index is 281.